The van der Waals surface area contributed by atoms with Gasteiger partial charge in [-0.1, -0.05) is 13.8 Å². The predicted octanol–water partition coefficient (Wildman–Crippen LogP) is 2.65. The highest BCUT2D eigenvalue weighted by atomic mass is 15.0. The fourth-order valence-corrected chi connectivity index (χ4v) is 1.22. The van der Waals surface area contributed by atoms with Crippen LogP contribution in [0.2, 0.25) is 0 Å². The Balaban J connectivity index is 2.72. The molecule has 78 valence electrons. The van der Waals surface area contributed by atoms with E-state index in [0.29, 0.717) is 5.69 Å². The third-order valence-electron chi connectivity index (χ3n) is 2.78. The molecule has 0 bridgehead atoms. The van der Waals surface area contributed by atoms with E-state index in [4.69, 9.17) is 5.73 Å². The smallest absolute Gasteiger partial charge is 0.126 e. The minimum atomic E-state index is 0.128. The molecule has 0 aliphatic carbocycles. The third-order valence-corrected chi connectivity index (χ3v) is 2.78. The van der Waals surface area contributed by atoms with Crippen LogP contribution in [-0.4, -0.2) is 10.5 Å². The van der Waals surface area contributed by atoms with Crippen molar-refractivity contribution < 1.29 is 0 Å². The zero-order valence-corrected chi connectivity index (χ0v) is 9.17. The summed E-state index contributed by atoms with van der Waals surface area (Å²) in [6.07, 6.45) is 3.83. The van der Waals surface area contributed by atoms with E-state index in [9.17, 15) is 0 Å². The molecule has 3 heteroatoms. The monoisotopic (exact) mass is 193 g/mol. The van der Waals surface area contributed by atoms with Crippen LogP contribution in [0.25, 0.3) is 0 Å². The average molecular weight is 193 g/mol. The van der Waals surface area contributed by atoms with Gasteiger partial charge in [-0.05, 0) is 31.9 Å². The number of pyridine rings is 1. The van der Waals surface area contributed by atoms with Crippen LogP contribution in [0.15, 0.2) is 18.3 Å². The van der Waals surface area contributed by atoms with Crippen LogP contribution < -0.4 is 11.1 Å². The average Bonchev–Trinajstić information content (AvgIpc) is 2.21. The first-order valence-corrected chi connectivity index (χ1v) is 5.09. The van der Waals surface area contributed by atoms with Crippen molar-refractivity contribution in [1.82, 2.24) is 4.98 Å². The van der Waals surface area contributed by atoms with Crippen LogP contribution in [0.1, 0.15) is 33.6 Å². The summed E-state index contributed by atoms with van der Waals surface area (Å²) in [7, 11) is 0. The van der Waals surface area contributed by atoms with Crippen LogP contribution in [0.3, 0.4) is 0 Å². The van der Waals surface area contributed by atoms with Crippen LogP contribution in [-0.2, 0) is 0 Å². The lowest BCUT2D eigenvalue weighted by molar-refractivity contribution is 0.477. The molecular weight excluding hydrogens is 174 g/mol. The van der Waals surface area contributed by atoms with Gasteiger partial charge in [-0.2, -0.15) is 0 Å². The molecule has 0 saturated heterocycles. The zero-order chi connectivity index (χ0) is 10.6. The Kier molecular flexibility index (Phi) is 3.33. The Morgan fingerprint density at radius 1 is 1.36 bits per heavy atom. The molecule has 0 unspecified atom stereocenters. The van der Waals surface area contributed by atoms with Crippen LogP contribution in [0, 0.1) is 0 Å². The molecule has 0 radical (unpaired) electrons. The summed E-state index contributed by atoms with van der Waals surface area (Å²) in [5.41, 5.74) is 6.39. The van der Waals surface area contributed by atoms with Crippen LogP contribution >= 0.6 is 0 Å². The summed E-state index contributed by atoms with van der Waals surface area (Å²) in [4.78, 5) is 4.22. The molecule has 1 aromatic rings. The molecule has 0 atom stereocenters. The van der Waals surface area contributed by atoms with E-state index in [2.05, 4.69) is 31.1 Å². The maximum Gasteiger partial charge on any atom is 0.126 e. The second kappa shape index (κ2) is 4.31. The summed E-state index contributed by atoms with van der Waals surface area (Å²) >= 11 is 0. The molecule has 0 aliphatic heterocycles. The Hall–Kier alpha value is -1.25. The second-order valence-corrected chi connectivity index (χ2v) is 3.87. The van der Waals surface area contributed by atoms with Crippen LogP contribution in [0.4, 0.5) is 11.5 Å². The van der Waals surface area contributed by atoms with E-state index in [1.54, 1.807) is 6.20 Å². The highest BCUT2D eigenvalue weighted by Crippen LogP contribution is 2.20. The van der Waals surface area contributed by atoms with Crippen LogP contribution in [0.5, 0.6) is 0 Å². The van der Waals surface area contributed by atoms with E-state index in [0.717, 1.165) is 18.7 Å². The lowest BCUT2D eigenvalue weighted by Crippen LogP contribution is -2.33. The Labute approximate surface area is 85.7 Å². The number of nitrogens with two attached hydrogens (primary N) is 1. The summed E-state index contributed by atoms with van der Waals surface area (Å²) in [6.45, 7) is 6.55. The summed E-state index contributed by atoms with van der Waals surface area (Å²) in [5.74, 6) is 0.894. The van der Waals surface area contributed by atoms with Crippen molar-refractivity contribution in [2.24, 2.45) is 0 Å². The number of anilines is 2. The van der Waals surface area contributed by atoms with E-state index in [1.165, 1.54) is 0 Å². The van der Waals surface area contributed by atoms with Gasteiger partial charge < -0.3 is 11.1 Å². The molecule has 0 amide bonds. The molecule has 1 aromatic heterocycles. The van der Waals surface area contributed by atoms with Gasteiger partial charge in [0.05, 0.1) is 11.9 Å². The van der Waals surface area contributed by atoms with Crippen molar-refractivity contribution in [2.75, 3.05) is 11.1 Å². The first-order valence-electron chi connectivity index (χ1n) is 5.09. The van der Waals surface area contributed by atoms with Gasteiger partial charge in [-0.25, -0.2) is 4.98 Å². The van der Waals surface area contributed by atoms with Gasteiger partial charge in [-0.3, -0.25) is 0 Å². The van der Waals surface area contributed by atoms with Crippen molar-refractivity contribution in [3.05, 3.63) is 18.3 Å². The summed E-state index contributed by atoms with van der Waals surface area (Å²) < 4.78 is 0. The number of hydrogen-bond donors (Lipinski definition) is 2. The predicted molar refractivity (Wildman–Crippen MR) is 61.3 cm³/mol. The van der Waals surface area contributed by atoms with Crippen molar-refractivity contribution in [3.8, 4) is 0 Å². The first kappa shape index (κ1) is 10.8. The first-order chi connectivity index (χ1) is 6.59. The minimum absolute atomic E-state index is 0.128. The molecule has 0 spiro atoms. The van der Waals surface area contributed by atoms with Crippen molar-refractivity contribution in [2.45, 2.75) is 39.2 Å². The normalized spacial score (nSPS) is 11.4. The SMILES string of the molecule is CCC(C)(CC)Nc1ccc(N)cn1. The molecule has 0 fully saturated rings. The Bertz CT molecular complexity index is 275. The topological polar surface area (TPSA) is 50.9 Å². The number of nitrogen functional groups attached to an aromatic ring is 1. The highest BCUT2D eigenvalue weighted by Gasteiger charge is 2.18. The van der Waals surface area contributed by atoms with Gasteiger partial charge in [0.15, 0.2) is 0 Å². The zero-order valence-electron chi connectivity index (χ0n) is 9.17. The molecule has 0 saturated carbocycles. The third kappa shape index (κ3) is 2.62. The fraction of sp³-hybridized carbons (Fsp3) is 0.545. The van der Waals surface area contributed by atoms with Gasteiger partial charge in [0.1, 0.15) is 5.82 Å². The second-order valence-electron chi connectivity index (χ2n) is 3.87. The summed E-state index contributed by atoms with van der Waals surface area (Å²) in [6, 6.07) is 3.78. The van der Waals surface area contributed by atoms with Gasteiger partial charge in [0, 0.05) is 5.54 Å². The number of aromatic nitrogens is 1. The van der Waals surface area contributed by atoms with Crippen molar-refractivity contribution >= 4 is 11.5 Å². The quantitative estimate of drug-likeness (QED) is 0.773. The molecule has 14 heavy (non-hydrogen) atoms. The lowest BCUT2D eigenvalue weighted by Gasteiger charge is -2.28. The lowest BCUT2D eigenvalue weighted by atomic mass is 9.96. The highest BCUT2D eigenvalue weighted by molar-refractivity contribution is 5.45. The molecule has 1 rings (SSSR count). The molecule has 3 nitrogen and oxygen atoms in total. The van der Waals surface area contributed by atoms with Gasteiger partial charge in [0.2, 0.25) is 0 Å². The van der Waals surface area contributed by atoms with E-state index < -0.39 is 0 Å². The number of nitrogens with one attached hydrogen (secondary N) is 1. The molecule has 1 heterocycles. The van der Waals surface area contributed by atoms with Gasteiger partial charge >= 0.3 is 0 Å². The van der Waals surface area contributed by atoms with Gasteiger partial charge in [-0.15, -0.1) is 0 Å². The maximum atomic E-state index is 5.57. The number of hydrogen-bond acceptors (Lipinski definition) is 3. The number of nitrogens with zero attached hydrogens (tertiary/aromatic N) is 1. The molecular formula is C11H19N3. The maximum absolute atomic E-state index is 5.57. The molecule has 0 aliphatic rings. The Morgan fingerprint density at radius 3 is 2.43 bits per heavy atom. The minimum Gasteiger partial charge on any atom is -0.397 e. The van der Waals surface area contributed by atoms with Gasteiger partial charge in [0.25, 0.3) is 0 Å². The van der Waals surface area contributed by atoms with Crippen molar-refractivity contribution in [1.29, 1.82) is 0 Å². The number of rotatable bonds is 4. The standard InChI is InChI=1S/C11H19N3/c1-4-11(3,5-2)14-10-7-6-9(12)8-13-10/h6-8H,4-5,12H2,1-3H3,(H,13,14). The molecule has 3 N–H and O–H groups in total. The fourth-order valence-electron chi connectivity index (χ4n) is 1.22. The van der Waals surface area contributed by atoms with E-state index >= 15 is 0 Å². The van der Waals surface area contributed by atoms with E-state index in [1.807, 2.05) is 12.1 Å². The largest absolute Gasteiger partial charge is 0.397 e. The Morgan fingerprint density at radius 2 is 2.00 bits per heavy atom. The van der Waals surface area contributed by atoms with E-state index in [-0.39, 0.29) is 5.54 Å². The van der Waals surface area contributed by atoms with Crippen molar-refractivity contribution in [3.63, 3.8) is 0 Å². The summed E-state index contributed by atoms with van der Waals surface area (Å²) in [5, 5.41) is 3.42. The molecule has 0 aromatic carbocycles.